The second-order valence-corrected chi connectivity index (χ2v) is 3.19. The molecule has 0 spiro atoms. The molecule has 1 fully saturated rings. The van der Waals surface area contributed by atoms with Crippen molar-refractivity contribution in [2.75, 3.05) is 6.61 Å². The molecule has 0 saturated carbocycles. The Bertz CT molecular complexity index is 353. The Morgan fingerprint density at radius 2 is 2.44 bits per heavy atom. The lowest BCUT2D eigenvalue weighted by Gasteiger charge is -2.34. The average molecular weight is 230 g/mol. The Hall–Kier alpha value is -1.83. The van der Waals surface area contributed by atoms with Crippen LogP contribution in [-0.2, 0) is 14.4 Å². The van der Waals surface area contributed by atoms with Gasteiger partial charge in [-0.3, -0.25) is 9.63 Å². The maximum atomic E-state index is 11.6. The Morgan fingerprint density at radius 1 is 1.81 bits per heavy atom. The number of aliphatic carboxylic acids is 1. The Morgan fingerprint density at radius 3 is 2.94 bits per heavy atom. The fraction of sp³-hybridized carbons (Fsp3) is 0.714. The van der Waals surface area contributed by atoms with Crippen molar-refractivity contribution < 1.29 is 24.6 Å². The molecule has 1 aliphatic heterocycles. The van der Waals surface area contributed by atoms with E-state index in [4.69, 9.17) is 15.5 Å². The van der Waals surface area contributed by atoms with Gasteiger partial charge in [0.05, 0.1) is 6.10 Å². The van der Waals surface area contributed by atoms with Gasteiger partial charge in [-0.1, -0.05) is 5.11 Å². The number of hydrogen-bond acceptors (Lipinski definition) is 5. The van der Waals surface area contributed by atoms with Gasteiger partial charge in [0.25, 0.3) is 5.91 Å². The van der Waals surface area contributed by atoms with Crippen LogP contribution in [0.4, 0.5) is 0 Å². The van der Waals surface area contributed by atoms with Crippen LogP contribution in [0.1, 0.15) is 6.92 Å². The number of aliphatic hydroxyl groups is 1. The van der Waals surface area contributed by atoms with Crippen molar-refractivity contribution >= 4 is 11.9 Å². The number of hydrogen-bond donors (Lipinski definition) is 2. The molecule has 88 valence electrons. The lowest BCUT2D eigenvalue weighted by molar-refractivity contribution is -0.231. The van der Waals surface area contributed by atoms with Gasteiger partial charge in [0.15, 0.2) is 6.04 Å². The summed E-state index contributed by atoms with van der Waals surface area (Å²) in [5.41, 5.74) is 8.21. The summed E-state index contributed by atoms with van der Waals surface area (Å²) in [5, 5.41) is 21.7. The van der Waals surface area contributed by atoms with Crippen molar-refractivity contribution in [3.8, 4) is 0 Å². The van der Waals surface area contributed by atoms with E-state index < -0.39 is 30.1 Å². The number of carbonyl (C=O) groups excluding carboxylic acids is 1. The van der Waals surface area contributed by atoms with Crippen molar-refractivity contribution in [2.24, 2.45) is 5.11 Å². The van der Waals surface area contributed by atoms with Gasteiger partial charge in [-0.05, 0) is 12.5 Å². The van der Waals surface area contributed by atoms with Crippen molar-refractivity contribution in [1.29, 1.82) is 0 Å². The van der Waals surface area contributed by atoms with Crippen LogP contribution in [0, 0.1) is 0 Å². The summed E-state index contributed by atoms with van der Waals surface area (Å²) < 4.78 is 0. The fourth-order valence-electron chi connectivity index (χ4n) is 1.19. The summed E-state index contributed by atoms with van der Waals surface area (Å²) >= 11 is 0. The molecule has 1 heterocycles. The van der Waals surface area contributed by atoms with Gasteiger partial charge in [-0.2, -0.15) is 0 Å². The largest absolute Gasteiger partial charge is 0.480 e. The molecule has 2 N–H and O–H groups in total. The van der Waals surface area contributed by atoms with E-state index in [0.717, 1.165) is 0 Å². The summed E-state index contributed by atoms with van der Waals surface area (Å²) in [6.45, 7) is 0.943. The number of carboxylic acids is 1. The third-order valence-electron chi connectivity index (χ3n) is 2.10. The molecule has 0 bridgehead atoms. The minimum atomic E-state index is -1.35. The van der Waals surface area contributed by atoms with E-state index in [1.807, 2.05) is 0 Å². The number of carboxylic acid groups (broad SMARTS) is 1. The number of hydroxylamine groups is 2. The van der Waals surface area contributed by atoms with Gasteiger partial charge in [0, 0.05) is 4.91 Å². The summed E-state index contributed by atoms with van der Waals surface area (Å²) in [6, 6.07) is -2.56. The highest BCUT2D eigenvalue weighted by atomic mass is 16.7. The first-order chi connectivity index (χ1) is 7.49. The van der Waals surface area contributed by atoms with Gasteiger partial charge in [-0.15, -0.1) is 0 Å². The molecular weight excluding hydrogens is 220 g/mol. The van der Waals surface area contributed by atoms with E-state index in [-0.39, 0.29) is 6.61 Å². The van der Waals surface area contributed by atoms with Crippen LogP contribution in [0.5, 0.6) is 0 Å². The van der Waals surface area contributed by atoms with E-state index in [0.29, 0.717) is 5.06 Å². The highest BCUT2D eigenvalue weighted by Crippen LogP contribution is 2.16. The van der Waals surface area contributed by atoms with E-state index in [2.05, 4.69) is 10.0 Å². The molecule has 0 aromatic rings. The van der Waals surface area contributed by atoms with Crippen LogP contribution in [0.3, 0.4) is 0 Å². The second-order valence-electron chi connectivity index (χ2n) is 3.19. The number of aliphatic hydroxyl groups excluding tert-OH is 1. The van der Waals surface area contributed by atoms with Crippen molar-refractivity contribution in [3.05, 3.63) is 10.4 Å². The van der Waals surface area contributed by atoms with Crippen LogP contribution in [0.2, 0.25) is 0 Å². The predicted molar refractivity (Wildman–Crippen MR) is 48.8 cm³/mol. The van der Waals surface area contributed by atoms with Crippen LogP contribution >= 0.6 is 0 Å². The first kappa shape index (κ1) is 12.2. The number of amides is 1. The highest BCUT2D eigenvalue weighted by Gasteiger charge is 2.40. The van der Waals surface area contributed by atoms with E-state index >= 15 is 0 Å². The zero-order valence-electron chi connectivity index (χ0n) is 8.35. The molecule has 9 nitrogen and oxygen atoms in total. The minimum Gasteiger partial charge on any atom is -0.480 e. The number of carbonyl (C=O) groups is 2. The number of nitrogens with zero attached hydrogens (tertiary/aromatic N) is 4. The summed E-state index contributed by atoms with van der Waals surface area (Å²) in [7, 11) is 0. The SMILES string of the molecule is CC(C(=O)O)N1OC[C@H](O)[C@H](N=[N+]=[N-])C1=O. The van der Waals surface area contributed by atoms with Gasteiger partial charge in [-0.25, -0.2) is 9.86 Å². The Balaban J connectivity index is 2.88. The first-order valence-electron chi connectivity index (χ1n) is 4.40. The molecular formula is C7H10N4O5. The summed E-state index contributed by atoms with van der Waals surface area (Å²) in [4.78, 5) is 29.4. The molecule has 0 aliphatic carbocycles. The van der Waals surface area contributed by atoms with Crippen molar-refractivity contribution in [3.63, 3.8) is 0 Å². The maximum absolute atomic E-state index is 11.6. The first-order valence-corrected chi connectivity index (χ1v) is 4.40. The van der Waals surface area contributed by atoms with Crippen molar-refractivity contribution in [1.82, 2.24) is 5.06 Å². The Labute approximate surface area is 89.8 Å². The molecule has 0 aromatic heterocycles. The maximum Gasteiger partial charge on any atom is 0.328 e. The molecule has 0 radical (unpaired) electrons. The molecule has 9 heteroatoms. The fourth-order valence-corrected chi connectivity index (χ4v) is 1.19. The molecule has 1 rings (SSSR count). The topological polar surface area (TPSA) is 136 Å². The standard InChI is InChI=1S/C7H10N4O5/c1-3(7(14)15)11-6(13)5(9-10-8)4(12)2-16-11/h3-5,12H,2H2,1H3,(H,14,15)/t3?,4-,5-/m0/s1. The third-order valence-corrected chi connectivity index (χ3v) is 2.10. The highest BCUT2D eigenvalue weighted by molar-refractivity contribution is 5.87. The monoisotopic (exact) mass is 230 g/mol. The second kappa shape index (κ2) is 4.79. The van der Waals surface area contributed by atoms with Crippen LogP contribution in [-0.4, -0.2) is 51.9 Å². The molecule has 16 heavy (non-hydrogen) atoms. The number of rotatable bonds is 3. The smallest absolute Gasteiger partial charge is 0.328 e. The lowest BCUT2D eigenvalue weighted by atomic mass is 10.1. The quantitative estimate of drug-likeness (QED) is 0.374. The molecule has 1 amide bonds. The summed E-state index contributed by atoms with van der Waals surface area (Å²) in [6.07, 6.45) is -1.26. The van der Waals surface area contributed by atoms with Crippen LogP contribution in [0.15, 0.2) is 5.11 Å². The molecule has 1 saturated heterocycles. The van der Waals surface area contributed by atoms with E-state index in [1.54, 1.807) is 0 Å². The molecule has 3 atom stereocenters. The number of azide groups is 1. The Kier molecular flexibility index (Phi) is 3.67. The van der Waals surface area contributed by atoms with Crippen LogP contribution < -0.4 is 0 Å². The zero-order chi connectivity index (χ0) is 12.3. The van der Waals surface area contributed by atoms with E-state index in [1.165, 1.54) is 6.92 Å². The normalized spacial score (nSPS) is 27.1. The zero-order valence-corrected chi connectivity index (χ0v) is 8.35. The summed E-state index contributed by atoms with van der Waals surface area (Å²) in [5.74, 6) is -2.13. The van der Waals surface area contributed by atoms with Crippen LogP contribution in [0.25, 0.3) is 10.4 Å². The van der Waals surface area contributed by atoms with Gasteiger partial charge < -0.3 is 10.2 Å². The van der Waals surface area contributed by atoms with Gasteiger partial charge in [0.1, 0.15) is 12.6 Å². The van der Waals surface area contributed by atoms with E-state index in [9.17, 15) is 14.7 Å². The lowest BCUT2D eigenvalue weighted by Crippen LogP contribution is -2.56. The van der Waals surface area contributed by atoms with Crippen molar-refractivity contribution in [2.45, 2.75) is 25.1 Å². The average Bonchev–Trinajstić information content (AvgIpc) is 2.23. The molecule has 1 unspecified atom stereocenters. The molecule has 0 aromatic carbocycles. The van der Waals surface area contributed by atoms with Gasteiger partial charge >= 0.3 is 5.97 Å². The predicted octanol–water partition coefficient (Wildman–Crippen LogP) is -0.727. The molecule has 1 aliphatic rings. The minimum absolute atomic E-state index is 0.299. The third kappa shape index (κ3) is 2.22. The van der Waals surface area contributed by atoms with Gasteiger partial charge in [0.2, 0.25) is 0 Å².